The monoisotopic (exact) mass is 369 g/mol. The van der Waals surface area contributed by atoms with Gasteiger partial charge in [-0.3, -0.25) is 4.79 Å². The van der Waals surface area contributed by atoms with Crippen LogP contribution in [-0.2, 0) is 11.3 Å². The van der Waals surface area contributed by atoms with Crippen molar-refractivity contribution in [2.45, 2.75) is 51.1 Å². The predicted octanol–water partition coefficient (Wildman–Crippen LogP) is 3.54. The van der Waals surface area contributed by atoms with Gasteiger partial charge in [0.2, 0.25) is 5.91 Å². The molecule has 0 bridgehead atoms. The Bertz CT molecular complexity index is 628. The Balaban J connectivity index is 1.63. The van der Waals surface area contributed by atoms with E-state index in [2.05, 4.69) is 59.1 Å². The standard InChI is InChI=1S/C23H35N3O/c1-24-15-16-25(2)22(19-24)17-23(27)26(18-21-11-7-4-8-12-21)14-13-20-9-5-3-6-10-20/h4,7-9,11-12,22H,3,5-6,10,13-19H2,1-2H3/t22-/m1/s1. The first-order valence-electron chi connectivity index (χ1n) is 10.5. The molecule has 27 heavy (non-hydrogen) atoms. The Kier molecular flexibility index (Phi) is 7.48. The normalized spacial score (nSPS) is 21.7. The second kappa shape index (κ2) is 10.0. The lowest BCUT2D eigenvalue weighted by atomic mass is 9.97. The Labute approximate surface area is 164 Å². The van der Waals surface area contributed by atoms with Crippen LogP contribution in [-0.4, -0.2) is 66.9 Å². The molecule has 1 amide bonds. The van der Waals surface area contributed by atoms with Gasteiger partial charge in [0, 0.05) is 45.2 Å². The van der Waals surface area contributed by atoms with Crippen molar-refractivity contribution >= 4 is 5.91 Å². The number of allylic oxidation sites excluding steroid dienone is 1. The molecule has 3 rings (SSSR count). The first-order valence-corrected chi connectivity index (χ1v) is 10.5. The van der Waals surface area contributed by atoms with Crippen molar-refractivity contribution in [3.05, 3.63) is 47.5 Å². The van der Waals surface area contributed by atoms with E-state index in [4.69, 9.17) is 0 Å². The Morgan fingerprint density at radius 1 is 1.15 bits per heavy atom. The smallest absolute Gasteiger partial charge is 0.224 e. The molecule has 1 saturated heterocycles. The number of carbonyl (C=O) groups is 1. The van der Waals surface area contributed by atoms with Gasteiger partial charge in [0.1, 0.15) is 0 Å². The number of hydrogen-bond donors (Lipinski definition) is 0. The van der Waals surface area contributed by atoms with Gasteiger partial charge in [-0.2, -0.15) is 0 Å². The highest BCUT2D eigenvalue weighted by molar-refractivity contribution is 5.77. The molecular weight excluding hydrogens is 334 g/mol. The average molecular weight is 370 g/mol. The van der Waals surface area contributed by atoms with Crippen LogP contribution in [0.3, 0.4) is 0 Å². The lowest BCUT2D eigenvalue weighted by molar-refractivity contribution is -0.133. The maximum atomic E-state index is 13.2. The number of rotatable bonds is 7. The van der Waals surface area contributed by atoms with Crippen molar-refractivity contribution in [3.63, 3.8) is 0 Å². The maximum absolute atomic E-state index is 13.2. The van der Waals surface area contributed by atoms with Gasteiger partial charge in [0.25, 0.3) is 0 Å². The zero-order valence-corrected chi connectivity index (χ0v) is 17.1. The number of carbonyl (C=O) groups excluding carboxylic acids is 1. The van der Waals surface area contributed by atoms with E-state index < -0.39 is 0 Å². The van der Waals surface area contributed by atoms with Gasteiger partial charge in [-0.15, -0.1) is 0 Å². The highest BCUT2D eigenvalue weighted by Gasteiger charge is 2.26. The fourth-order valence-electron chi connectivity index (χ4n) is 4.16. The lowest BCUT2D eigenvalue weighted by Gasteiger charge is -2.38. The van der Waals surface area contributed by atoms with Crippen molar-refractivity contribution in [2.24, 2.45) is 0 Å². The average Bonchev–Trinajstić information content (AvgIpc) is 2.69. The van der Waals surface area contributed by atoms with Gasteiger partial charge in [-0.25, -0.2) is 0 Å². The molecule has 1 heterocycles. The van der Waals surface area contributed by atoms with Crippen LogP contribution in [0.4, 0.5) is 0 Å². The zero-order valence-electron chi connectivity index (χ0n) is 17.1. The van der Waals surface area contributed by atoms with Crippen LogP contribution in [0.5, 0.6) is 0 Å². The van der Waals surface area contributed by atoms with Gasteiger partial charge < -0.3 is 14.7 Å². The molecule has 0 spiro atoms. The van der Waals surface area contributed by atoms with Crippen LogP contribution in [0.15, 0.2) is 42.0 Å². The number of piperazine rings is 1. The summed E-state index contributed by atoms with van der Waals surface area (Å²) in [4.78, 5) is 20.0. The maximum Gasteiger partial charge on any atom is 0.224 e. The summed E-state index contributed by atoms with van der Waals surface area (Å²) in [5.74, 6) is 0.294. The molecule has 1 aromatic rings. The molecular formula is C23H35N3O. The van der Waals surface area contributed by atoms with Crippen molar-refractivity contribution in [1.29, 1.82) is 0 Å². The summed E-state index contributed by atoms with van der Waals surface area (Å²) in [5.41, 5.74) is 2.76. The van der Waals surface area contributed by atoms with E-state index in [9.17, 15) is 4.79 Å². The zero-order chi connectivity index (χ0) is 19.1. The van der Waals surface area contributed by atoms with E-state index in [0.29, 0.717) is 18.4 Å². The van der Waals surface area contributed by atoms with Crippen LogP contribution < -0.4 is 0 Å². The summed E-state index contributed by atoms with van der Waals surface area (Å²) in [6, 6.07) is 10.7. The minimum atomic E-state index is 0.294. The van der Waals surface area contributed by atoms with Gasteiger partial charge in [0.05, 0.1) is 0 Å². The minimum Gasteiger partial charge on any atom is -0.338 e. The summed E-state index contributed by atoms with van der Waals surface area (Å²) in [5, 5.41) is 0. The van der Waals surface area contributed by atoms with E-state index in [1.54, 1.807) is 5.57 Å². The van der Waals surface area contributed by atoms with E-state index in [1.807, 2.05) is 6.07 Å². The van der Waals surface area contributed by atoms with Crippen LogP contribution in [0, 0.1) is 0 Å². The summed E-state index contributed by atoms with van der Waals surface area (Å²) < 4.78 is 0. The summed E-state index contributed by atoms with van der Waals surface area (Å²) in [6.07, 6.45) is 9.09. The number of benzene rings is 1. The molecule has 4 heteroatoms. The third kappa shape index (κ3) is 6.18. The molecule has 1 fully saturated rings. The van der Waals surface area contributed by atoms with E-state index in [0.717, 1.165) is 39.1 Å². The molecule has 1 atom stereocenters. The SMILES string of the molecule is CN1CCN(C)[C@H](CC(=O)N(CCC2=CCCCC2)Cc2ccccc2)C1. The summed E-state index contributed by atoms with van der Waals surface area (Å²) in [6.45, 7) is 4.67. The molecule has 0 unspecified atom stereocenters. The molecule has 1 aromatic carbocycles. The lowest BCUT2D eigenvalue weighted by Crippen LogP contribution is -2.51. The fourth-order valence-corrected chi connectivity index (χ4v) is 4.16. The van der Waals surface area contributed by atoms with E-state index in [-0.39, 0.29) is 0 Å². The van der Waals surface area contributed by atoms with Crippen LogP contribution in [0.2, 0.25) is 0 Å². The fraction of sp³-hybridized carbons (Fsp3) is 0.609. The molecule has 148 valence electrons. The second-order valence-electron chi connectivity index (χ2n) is 8.26. The van der Waals surface area contributed by atoms with Gasteiger partial charge in [-0.05, 0) is 51.8 Å². The number of hydrogen-bond acceptors (Lipinski definition) is 3. The minimum absolute atomic E-state index is 0.294. The molecule has 0 saturated carbocycles. The number of likely N-dealkylation sites (N-methyl/N-ethyl adjacent to an activating group) is 2. The molecule has 0 radical (unpaired) electrons. The molecule has 1 aliphatic carbocycles. The summed E-state index contributed by atoms with van der Waals surface area (Å²) >= 11 is 0. The third-order valence-corrected chi connectivity index (χ3v) is 6.05. The Hall–Kier alpha value is -1.65. The van der Waals surface area contributed by atoms with Crippen molar-refractivity contribution in [3.8, 4) is 0 Å². The van der Waals surface area contributed by atoms with Crippen molar-refractivity contribution < 1.29 is 4.79 Å². The highest BCUT2D eigenvalue weighted by atomic mass is 16.2. The van der Waals surface area contributed by atoms with Crippen molar-refractivity contribution in [2.75, 3.05) is 40.3 Å². The predicted molar refractivity (Wildman–Crippen MR) is 112 cm³/mol. The largest absolute Gasteiger partial charge is 0.338 e. The first-order chi connectivity index (χ1) is 13.1. The first kappa shape index (κ1) is 20.1. The second-order valence-corrected chi connectivity index (χ2v) is 8.26. The van der Waals surface area contributed by atoms with Crippen LogP contribution in [0.1, 0.15) is 44.1 Å². The Morgan fingerprint density at radius 3 is 2.70 bits per heavy atom. The molecule has 0 N–H and O–H groups in total. The van der Waals surface area contributed by atoms with Crippen molar-refractivity contribution in [1.82, 2.24) is 14.7 Å². The molecule has 4 nitrogen and oxygen atoms in total. The van der Waals surface area contributed by atoms with E-state index in [1.165, 1.54) is 31.2 Å². The van der Waals surface area contributed by atoms with Gasteiger partial charge in [0.15, 0.2) is 0 Å². The van der Waals surface area contributed by atoms with Gasteiger partial charge in [-0.1, -0.05) is 42.0 Å². The van der Waals surface area contributed by atoms with E-state index >= 15 is 0 Å². The quantitative estimate of drug-likeness (QED) is 0.688. The van der Waals surface area contributed by atoms with Crippen LogP contribution >= 0.6 is 0 Å². The highest BCUT2D eigenvalue weighted by Crippen LogP contribution is 2.21. The van der Waals surface area contributed by atoms with Crippen LogP contribution in [0.25, 0.3) is 0 Å². The molecule has 2 aliphatic rings. The molecule has 1 aliphatic heterocycles. The number of nitrogens with zero attached hydrogens (tertiary/aromatic N) is 3. The number of amides is 1. The summed E-state index contributed by atoms with van der Waals surface area (Å²) in [7, 11) is 4.31. The third-order valence-electron chi connectivity index (χ3n) is 6.05. The van der Waals surface area contributed by atoms with Gasteiger partial charge >= 0.3 is 0 Å². The Morgan fingerprint density at radius 2 is 1.96 bits per heavy atom. The molecule has 0 aromatic heterocycles. The topological polar surface area (TPSA) is 26.8 Å².